The summed E-state index contributed by atoms with van der Waals surface area (Å²) in [6.45, 7) is 13.7. The molecule has 3 heterocycles. The molecule has 4 unspecified atom stereocenters. The largest absolute Gasteiger partial charge is 0.506 e. The predicted molar refractivity (Wildman–Crippen MR) is 161 cm³/mol. The number of ether oxygens (including phenoxy) is 5. The van der Waals surface area contributed by atoms with Gasteiger partial charge in [-0.3, -0.25) is 9.59 Å². The van der Waals surface area contributed by atoms with Crippen molar-refractivity contribution in [3.05, 3.63) is 57.7 Å². The van der Waals surface area contributed by atoms with E-state index >= 15 is 0 Å². The molecule has 4 atom stereocenters. The molecule has 2 fully saturated rings. The summed E-state index contributed by atoms with van der Waals surface area (Å²) >= 11 is 0. The minimum atomic E-state index is -1.46. The molecule has 1 saturated carbocycles. The van der Waals surface area contributed by atoms with Crippen molar-refractivity contribution < 1.29 is 38.4 Å². The number of phenols is 1. The number of Topliss-reactive ketones (excluding diaryl/α,β-unsaturated/α-hetero) is 2. The highest BCUT2D eigenvalue weighted by atomic mass is 16.7. The van der Waals surface area contributed by atoms with E-state index in [2.05, 4.69) is 0 Å². The van der Waals surface area contributed by atoms with E-state index in [4.69, 9.17) is 23.7 Å². The highest BCUT2D eigenvalue weighted by Crippen LogP contribution is 2.68. The fraction of sp³-hybridized carbons (Fsp3) is 0.543. The molecule has 8 heteroatoms. The lowest BCUT2D eigenvalue weighted by Crippen LogP contribution is -2.72. The number of benzene rings is 1. The molecule has 1 aromatic rings. The molecule has 1 spiro atoms. The monoisotopic (exact) mass is 590 g/mol. The van der Waals surface area contributed by atoms with Gasteiger partial charge in [-0.1, -0.05) is 23.8 Å². The van der Waals surface area contributed by atoms with Gasteiger partial charge in [0.05, 0.1) is 11.2 Å². The zero-order chi connectivity index (χ0) is 31.3. The van der Waals surface area contributed by atoms with Crippen molar-refractivity contribution in [2.75, 3.05) is 14.2 Å². The number of phenolic OH excluding ortho intramolecular Hbond substituents is 1. The standard InChI is InChI=1S/C35H42O8/c1-18(2)10-11-22-28-21(13-14-32(4,5)41-28)26(36)25-27(37)23-16-20-17-24-33(6,7)43-34(30(20)38,35(23,24)42-29(22)25)15-12-19(3)31(39-8)40-9/h10,12-14,16,20,24,31,36H,11,15,17H2,1-9H3. The summed E-state index contributed by atoms with van der Waals surface area (Å²) in [5, 5.41) is 11.6. The topological polar surface area (TPSA) is 101 Å². The summed E-state index contributed by atoms with van der Waals surface area (Å²) in [5.74, 6) is -0.655. The molecule has 1 aromatic carbocycles. The lowest BCUT2D eigenvalue weighted by molar-refractivity contribution is -0.171. The van der Waals surface area contributed by atoms with Crippen molar-refractivity contribution >= 4 is 17.6 Å². The molecule has 3 aliphatic carbocycles. The lowest BCUT2D eigenvalue weighted by atomic mass is 9.51. The quantitative estimate of drug-likeness (QED) is 0.303. The summed E-state index contributed by atoms with van der Waals surface area (Å²) in [5.41, 5.74) is -0.780. The van der Waals surface area contributed by atoms with E-state index in [1.54, 1.807) is 20.3 Å². The second-order valence-corrected chi connectivity index (χ2v) is 13.8. The number of ketones is 2. The number of aromatic hydroxyl groups is 1. The third-order valence-corrected chi connectivity index (χ3v) is 9.85. The zero-order valence-corrected chi connectivity index (χ0v) is 26.5. The van der Waals surface area contributed by atoms with Gasteiger partial charge in [0.2, 0.25) is 0 Å². The summed E-state index contributed by atoms with van der Waals surface area (Å²) in [7, 11) is 3.11. The zero-order valence-electron chi connectivity index (χ0n) is 26.5. The van der Waals surface area contributed by atoms with Crippen LogP contribution in [0.15, 0.2) is 41.0 Å². The van der Waals surface area contributed by atoms with Gasteiger partial charge in [0.1, 0.15) is 28.4 Å². The Balaban J connectivity index is 1.62. The highest BCUT2D eigenvalue weighted by molar-refractivity contribution is 6.19. The van der Waals surface area contributed by atoms with E-state index < -0.39 is 34.6 Å². The van der Waals surface area contributed by atoms with Gasteiger partial charge in [0.25, 0.3) is 0 Å². The predicted octanol–water partition coefficient (Wildman–Crippen LogP) is 6.05. The number of allylic oxidation sites excluding steroid dienone is 3. The summed E-state index contributed by atoms with van der Waals surface area (Å²) in [4.78, 5) is 29.1. The van der Waals surface area contributed by atoms with Gasteiger partial charge >= 0.3 is 0 Å². The molecule has 4 bridgehead atoms. The first kappa shape index (κ1) is 29.9. The molecular weight excluding hydrogens is 548 g/mol. The van der Waals surface area contributed by atoms with E-state index in [0.717, 1.165) is 11.1 Å². The van der Waals surface area contributed by atoms with E-state index in [1.165, 1.54) is 0 Å². The van der Waals surface area contributed by atoms with Gasteiger partial charge in [0.15, 0.2) is 29.1 Å². The molecule has 0 aromatic heterocycles. The van der Waals surface area contributed by atoms with Crippen LogP contribution in [0.5, 0.6) is 17.2 Å². The number of carbonyl (C=O) groups is 2. The van der Waals surface area contributed by atoms with Crippen molar-refractivity contribution in [2.45, 2.75) is 96.4 Å². The fourth-order valence-electron chi connectivity index (χ4n) is 7.93. The maximum atomic E-state index is 14.7. The Morgan fingerprint density at radius 2 is 1.77 bits per heavy atom. The molecule has 0 radical (unpaired) electrons. The number of methoxy groups -OCH3 is 2. The number of carbonyl (C=O) groups excluding carboxylic acids is 2. The normalized spacial score (nSPS) is 30.7. The second-order valence-electron chi connectivity index (χ2n) is 13.8. The van der Waals surface area contributed by atoms with E-state index in [0.29, 0.717) is 35.3 Å². The molecule has 230 valence electrons. The van der Waals surface area contributed by atoms with Gasteiger partial charge in [0, 0.05) is 43.6 Å². The van der Waals surface area contributed by atoms with Crippen LogP contribution in [0.2, 0.25) is 0 Å². The van der Waals surface area contributed by atoms with Crippen LogP contribution < -0.4 is 9.47 Å². The molecule has 3 aliphatic heterocycles. The average molecular weight is 591 g/mol. The first-order chi connectivity index (χ1) is 20.1. The maximum Gasteiger partial charge on any atom is 0.200 e. The molecule has 0 amide bonds. The summed E-state index contributed by atoms with van der Waals surface area (Å²) in [6, 6.07) is 0. The van der Waals surface area contributed by atoms with E-state index in [-0.39, 0.29) is 41.0 Å². The first-order valence-corrected chi connectivity index (χ1v) is 15.0. The number of hydrogen-bond donors (Lipinski definition) is 1. The Bertz CT molecular complexity index is 1550. The van der Waals surface area contributed by atoms with Crippen molar-refractivity contribution in [1.29, 1.82) is 0 Å². The fourth-order valence-corrected chi connectivity index (χ4v) is 7.93. The Hall–Kier alpha value is -3.20. The first-order valence-electron chi connectivity index (χ1n) is 15.0. The third kappa shape index (κ3) is 3.99. The molecule has 43 heavy (non-hydrogen) atoms. The Morgan fingerprint density at radius 3 is 2.42 bits per heavy atom. The molecule has 7 rings (SSSR count). The van der Waals surface area contributed by atoms with Crippen LogP contribution in [0, 0.1) is 11.8 Å². The van der Waals surface area contributed by atoms with E-state index in [1.807, 2.05) is 72.8 Å². The van der Waals surface area contributed by atoms with Crippen LogP contribution in [0.3, 0.4) is 0 Å². The van der Waals surface area contributed by atoms with Crippen molar-refractivity contribution in [3.8, 4) is 17.2 Å². The lowest BCUT2D eigenvalue weighted by Gasteiger charge is -2.56. The number of fused-ring (bicyclic) bond motifs is 2. The SMILES string of the molecule is COC(OC)C(C)=CCC12OC(C)(C)C3CC(C=C4C(=O)c5c(O)c6c(c(CC=C(C)C)c5OC431)OC(C)(C)C=C6)C2=O. The molecule has 1 saturated heterocycles. The van der Waals surface area contributed by atoms with Crippen LogP contribution >= 0.6 is 0 Å². The van der Waals surface area contributed by atoms with Gasteiger partial charge < -0.3 is 28.8 Å². The van der Waals surface area contributed by atoms with Crippen LogP contribution in [0.25, 0.3) is 6.08 Å². The summed E-state index contributed by atoms with van der Waals surface area (Å²) in [6.07, 6.45) is 9.90. The number of hydrogen-bond acceptors (Lipinski definition) is 8. The smallest absolute Gasteiger partial charge is 0.200 e. The van der Waals surface area contributed by atoms with Crippen LogP contribution in [0.4, 0.5) is 0 Å². The van der Waals surface area contributed by atoms with Crippen LogP contribution in [0.1, 0.15) is 82.8 Å². The van der Waals surface area contributed by atoms with Gasteiger partial charge in [-0.05, 0) is 79.0 Å². The van der Waals surface area contributed by atoms with Gasteiger partial charge in [-0.2, -0.15) is 0 Å². The summed E-state index contributed by atoms with van der Waals surface area (Å²) < 4.78 is 31.4. The van der Waals surface area contributed by atoms with Crippen molar-refractivity contribution in [2.24, 2.45) is 11.8 Å². The van der Waals surface area contributed by atoms with Crippen molar-refractivity contribution in [1.82, 2.24) is 0 Å². The van der Waals surface area contributed by atoms with Crippen LogP contribution in [-0.4, -0.2) is 59.6 Å². The minimum Gasteiger partial charge on any atom is -0.506 e. The Labute approximate surface area is 253 Å². The Kier molecular flexibility index (Phi) is 6.70. The highest BCUT2D eigenvalue weighted by Gasteiger charge is 2.81. The van der Waals surface area contributed by atoms with Gasteiger partial charge in [-0.25, -0.2) is 0 Å². The minimum absolute atomic E-state index is 0.0990. The van der Waals surface area contributed by atoms with Gasteiger partial charge in [-0.15, -0.1) is 0 Å². The third-order valence-electron chi connectivity index (χ3n) is 9.85. The molecule has 1 N–H and O–H groups in total. The molecular formula is C35H42O8. The van der Waals surface area contributed by atoms with Crippen LogP contribution in [-0.2, 0) is 25.4 Å². The molecule has 8 nitrogen and oxygen atoms in total. The van der Waals surface area contributed by atoms with Crippen molar-refractivity contribution in [3.63, 3.8) is 0 Å². The molecule has 6 aliphatic rings. The maximum absolute atomic E-state index is 14.7. The van der Waals surface area contributed by atoms with E-state index in [9.17, 15) is 14.7 Å². The average Bonchev–Trinajstić information content (AvgIpc) is 3.08. The Morgan fingerprint density at radius 1 is 1.07 bits per heavy atom. The second kappa shape index (κ2) is 9.65. The number of rotatable bonds is 7.